The lowest BCUT2D eigenvalue weighted by molar-refractivity contribution is -0.131. The molecule has 2 aromatic rings. The number of ether oxygens (including phenoxy) is 2. The second-order valence-electron chi connectivity index (χ2n) is 7.01. The van der Waals surface area contributed by atoms with Crippen LogP contribution in [0.15, 0.2) is 47.4 Å². The van der Waals surface area contributed by atoms with Crippen LogP contribution in [0.2, 0.25) is 0 Å². The average Bonchev–Trinajstić information content (AvgIpc) is 3.34. The van der Waals surface area contributed by atoms with E-state index >= 15 is 0 Å². The predicted molar refractivity (Wildman–Crippen MR) is 101 cm³/mol. The average molecular weight is 367 g/mol. The normalized spacial score (nSPS) is 23.8. The number of fused-ring (bicyclic) bond motifs is 2. The summed E-state index contributed by atoms with van der Waals surface area (Å²) in [4.78, 5) is 16.6. The predicted octanol–water partition coefficient (Wildman–Crippen LogP) is 3.84. The molecule has 0 radical (unpaired) electrons. The van der Waals surface area contributed by atoms with Gasteiger partial charge in [0.15, 0.2) is 11.5 Å². The highest BCUT2D eigenvalue weighted by atomic mass is 32.2. The molecule has 134 valence electrons. The minimum Gasteiger partial charge on any atom is -0.486 e. The molecule has 3 heterocycles. The topological polar surface area (TPSA) is 38.8 Å². The van der Waals surface area contributed by atoms with Gasteiger partial charge in [-0.3, -0.25) is 4.79 Å². The summed E-state index contributed by atoms with van der Waals surface area (Å²) in [5.41, 5.74) is 2.45. The summed E-state index contributed by atoms with van der Waals surface area (Å²) < 4.78 is 11.4. The summed E-state index contributed by atoms with van der Waals surface area (Å²) in [6, 6.07) is 14.6. The van der Waals surface area contributed by atoms with Crippen LogP contribution in [-0.4, -0.2) is 35.8 Å². The largest absolute Gasteiger partial charge is 0.486 e. The third kappa shape index (κ3) is 2.75. The van der Waals surface area contributed by atoms with Crippen molar-refractivity contribution < 1.29 is 14.3 Å². The molecule has 0 bridgehead atoms. The van der Waals surface area contributed by atoms with Gasteiger partial charge in [-0.25, -0.2) is 0 Å². The number of thioether (sulfide) groups is 1. The van der Waals surface area contributed by atoms with Gasteiger partial charge in [0.1, 0.15) is 13.2 Å². The van der Waals surface area contributed by atoms with Gasteiger partial charge in [-0.1, -0.05) is 24.3 Å². The molecule has 0 aromatic heterocycles. The lowest BCUT2D eigenvalue weighted by atomic mass is 10.0. The van der Waals surface area contributed by atoms with Crippen LogP contribution in [0.1, 0.15) is 30.0 Å². The number of hydrogen-bond donors (Lipinski definition) is 0. The molecule has 0 N–H and O–H groups in total. The van der Waals surface area contributed by atoms with Gasteiger partial charge >= 0.3 is 0 Å². The van der Waals surface area contributed by atoms with E-state index in [2.05, 4.69) is 35.2 Å². The van der Waals surface area contributed by atoms with Gasteiger partial charge in [-0.15, -0.1) is 11.8 Å². The summed E-state index contributed by atoms with van der Waals surface area (Å²) in [7, 11) is 0. The quantitative estimate of drug-likeness (QED) is 0.808. The van der Waals surface area contributed by atoms with E-state index in [-0.39, 0.29) is 17.2 Å². The van der Waals surface area contributed by atoms with Gasteiger partial charge in [0.2, 0.25) is 5.91 Å². The Labute approximate surface area is 157 Å². The Morgan fingerprint density at radius 1 is 1.08 bits per heavy atom. The standard InChI is InChI=1S/C21H21NO3S/c23-21(20-13-15-4-1-2-6-19(15)26-20)22-9-3-5-16(22)14-7-8-17-18(12-14)25-11-10-24-17/h1-2,4,6-8,12,16,20H,3,5,9-11,13H2. The molecule has 2 atom stereocenters. The summed E-state index contributed by atoms with van der Waals surface area (Å²) in [6.45, 7) is 2.02. The highest BCUT2D eigenvalue weighted by Crippen LogP contribution is 2.42. The Morgan fingerprint density at radius 3 is 2.81 bits per heavy atom. The molecule has 4 nitrogen and oxygen atoms in total. The molecular formula is C21H21NO3S. The zero-order valence-corrected chi connectivity index (χ0v) is 15.3. The van der Waals surface area contributed by atoms with E-state index < -0.39 is 0 Å². The van der Waals surface area contributed by atoms with Gasteiger partial charge in [0.25, 0.3) is 0 Å². The van der Waals surface area contributed by atoms with E-state index in [9.17, 15) is 4.79 Å². The van der Waals surface area contributed by atoms with Crippen LogP contribution in [0, 0.1) is 0 Å². The highest BCUT2D eigenvalue weighted by molar-refractivity contribution is 8.01. The maximum atomic E-state index is 13.2. The molecule has 1 saturated heterocycles. The van der Waals surface area contributed by atoms with Crippen LogP contribution >= 0.6 is 11.8 Å². The lowest BCUT2D eigenvalue weighted by Gasteiger charge is -2.28. The van der Waals surface area contributed by atoms with Crippen molar-refractivity contribution in [2.45, 2.75) is 35.4 Å². The summed E-state index contributed by atoms with van der Waals surface area (Å²) in [6.07, 6.45) is 2.90. The van der Waals surface area contributed by atoms with Crippen LogP contribution in [0.4, 0.5) is 0 Å². The van der Waals surface area contributed by atoms with Gasteiger partial charge in [-0.2, -0.15) is 0 Å². The first-order chi connectivity index (χ1) is 12.8. The smallest absolute Gasteiger partial charge is 0.236 e. The molecule has 0 aliphatic carbocycles. The first-order valence-corrected chi connectivity index (χ1v) is 10.1. The van der Waals surface area contributed by atoms with Crippen LogP contribution in [-0.2, 0) is 11.2 Å². The molecular weight excluding hydrogens is 346 g/mol. The highest BCUT2D eigenvalue weighted by Gasteiger charge is 2.37. The second kappa shape index (κ2) is 6.54. The Kier molecular flexibility index (Phi) is 4.04. The fraction of sp³-hybridized carbons (Fsp3) is 0.381. The van der Waals surface area contributed by atoms with Crippen molar-refractivity contribution >= 4 is 17.7 Å². The Morgan fingerprint density at radius 2 is 1.92 bits per heavy atom. The molecule has 1 fully saturated rings. The van der Waals surface area contributed by atoms with Gasteiger partial charge in [0.05, 0.1) is 11.3 Å². The first-order valence-electron chi connectivity index (χ1n) is 9.24. The second-order valence-corrected chi connectivity index (χ2v) is 8.26. The molecule has 5 rings (SSSR count). The molecule has 26 heavy (non-hydrogen) atoms. The van der Waals surface area contributed by atoms with Crippen molar-refractivity contribution in [1.29, 1.82) is 0 Å². The fourth-order valence-electron chi connectivity index (χ4n) is 4.15. The van der Waals surface area contributed by atoms with Gasteiger partial charge in [0, 0.05) is 11.4 Å². The maximum absolute atomic E-state index is 13.2. The minimum atomic E-state index is 0.00482. The first kappa shape index (κ1) is 16.1. The minimum absolute atomic E-state index is 0.00482. The van der Waals surface area contributed by atoms with E-state index in [0.29, 0.717) is 13.2 Å². The molecule has 2 aromatic carbocycles. The maximum Gasteiger partial charge on any atom is 0.236 e. The fourth-order valence-corrected chi connectivity index (χ4v) is 5.41. The van der Waals surface area contributed by atoms with Crippen molar-refractivity contribution in [2.24, 2.45) is 0 Å². The van der Waals surface area contributed by atoms with E-state index in [1.165, 1.54) is 10.5 Å². The molecule has 2 unspecified atom stereocenters. The zero-order valence-electron chi connectivity index (χ0n) is 14.5. The Balaban J connectivity index is 1.37. The number of carbonyl (C=O) groups is 1. The number of nitrogens with zero attached hydrogens (tertiary/aromatic N) is 1. The molecule has 3 aliphatic rings. The zero-order chi connectivity index (χ0) is 17.5. The monoisotopic (exact) mass is 367 g/mol. The summed E-state index contributed by atoms with van der Waals surface area (Å²) in [5, 5.41) is 0.00482. The lowest BCUT2D eigenvalue weighted by Crippen LogP contribution is -2.37. The van der Waals surface area contributed by atoms with Crippen molar-refractivity contribution in [1.82, 2.24) is 4.90 Å². The van der Waals surface area contributed by atoms with Crippen LogP contribution < -0.4 is 9.47 Å². The molecule has 1 amide bonds. The molecule has 0 spiro atoms. The van der Waals surface area contributed by atoms with E-state index in [1.54, 1.807) is 11.8 Å². The van der Waals surface area contributed by atoms with Crippen LogP contribution in [0.25, 0.3) is 0 Å². The van der Waals surface area contributed by atoms with Gasteiger partial charge in [-0.05, 0) is 48.6 Å². The van der Waals surface area contributed by atoms with Crippen LogP contribution in [0.5, 0.6) is 11.5 Å². The van der Waals surface area contributed by atoms with Crippen molar-refractivity contribution in [3.8, 4) is 11.5 Å². The summed E-state index contributed by atoms with van der Waals surface area (Å²) in [5.74, 6) is 1.87. The number of rotatable bonds is 2. The van der Waals surface area contributed by atoms with Crippen molar-refractivity contribution in [2.75, 3.05) is 19.8 Å². The third-order valence-electron chi connectivity index (χ3n) is 5.41. The van der Waals surface area contributed by atoms with Gasteiger partial charge < -0.3 is 14.4 Å². The Bertz CT molecular complexity index is 828. The van der Waals surface area contributed by atoms with Crippen LogP contribution in [0.3, 0.4) is 0 Å². The number of likely N-dealkylation sites (tertiary alicyclic amines) is 1. The number of benzene rings is 2. The number of carbonyl (C=O) groups excluding carboxylic acids is 1. The molecule has 0 saturated carbocycles. The third-order valence-corrected chi connectivity index (χ3v) is 6.71. The SMILES string of the molecule is O=C(C1Cc2ccccc2S1)N1CCCC1c1ccc2c(c1)OCCO2. The van der Waals surface area contributed by atoms with Crippen molar-refractivity contribution in [3.63, 3.8) is 0 Å². The van der Waals surface area contributed by atoms with E-state index in [1.807, 2.05) is 12.1 Å². The summed E-state index contributed by atoms with van der Waals surface area (Å²) >= 11 is 1.72. The number of hydrogen-bond acceptors (Lipinski definition) is 4. The Hall–Kier alpha value is -2.14. The molecule has 3 aliphatic heterocycles. The number of amides is 1. The van der Waals surface area contributed by atoms with Crippen molar-refractivity contribution in [3.05, 3.63) is 53.6 Å². The molecule has 5 heteroatoms. The van der Waals surface area contributed by atoms with E-state index in [0.717, 1.165) is 42.9 Å². The van der Waals surface area contributed by atoms with E-state index in [4.69, 9.17) is 9.47 Å².